The van der Waals surface area contributed by atoms with E-state index in [-0.39, 0.29) is 6.42 Å². The maximum Gasteiger partial charge on any atom is 0.157 e. The van der Waals surface area contributed by atoms with Crippen molar-refractivity contribution in [1.82, 2.24) is 0 Å². The molecule has 84 valence electrons. The van der Waals surface area contributed by atoms with E-state index in [1.807, 2.05) is 24.3 Å². The van der Waals surface area contributed by atoms with Crippen molar-refractivity contribution in [3.05, 3.63) is 34.3 Å². The molecule has 0 bridgehead atoms. The number of aliphatic hydroxyl groups is 2. The summed E-state index contributed by atoms with van der Waals surface area (Å²) in [5.41, 5.74) is 0.767. The molecule has 0 aliphatic carbocycles. The van der Waals surface area contributed by atoms with E-state index in [0.717, 1.165) is 10.0 Å². The molecule has 0 amide bonds. The van der Waals surface area contributed by atoms with Gasteiger partial charge >= 0.3 is 0 Å². The second kappa shape index (κ2) is 6.23. The number of halogens is 1. The van der Waals surface area contributed by atoms with Crippen molar-refractivity contribution in [3.63, 3.8) is 0 Å². The van der Waals surface area contributed by atoms with Gasteiger partial charge in [0.1, 0.15) is 0 Å². The van der Waals surface area contributed by atoms with Crippen LogP contribution in [0.2, 0.25) is 0 Å². The van der Waals surface area contributed by atoms with Gasteiger partial charge in [-0.25, -0.2) is 0 Å². The van der Waals surface area contributed by atoms with Gasteiger partial charge in [-0.05, 0) is 24.6 Å². The van der Waals surface area contributed by atoms with Gasteiger partial charge in [0.25, 0.3) is 0 Å². The van der Waals surface area contributed by atoms with Gasteiger partial charge in [0, 0.05) is 17.5 Å². The quantitative estimate of drug-likeness (QED) is 0.810. The van der Waals surface area contributed by atoms with Crippen LogP contribution in [0.25, 0.3) is 0 Å². The Labute approximate surface area is 97.8 Å². The van der Waals surface area contributed by atoms with Crippen molar-refractivity contribution in [2.24, 2.45) is 0 Å². The minimum atomic E-state index is -0.913. The van der Waals surface area contributed by atoms with Gasteiger partial charge in [0.2, 0.25) is 0 Å². The first-order valence-corrected chi connectivity index (χ1v) is 5.66. The molecular formula is C11H15BrO3. The Bertz CT molecular complexity index is 304. The number of benzene rings is 1. The average Bonchev–Trinajstić information content (AvgIpc) is 2.18. The maximum atomic E-state index is 9.78. The highest BCUT2D eigenvalue weighted by molar-refractivity contribution is 9.10. The second-order valence-electron chi connectivity index (χ2n) is 3.22. The molecule has 0 radical (unpaired) electrons. The monoisotopic (exact) mass is 274 g/mol. The standard InChI is InChI=1S/C11H15BrO3/c1-2-15-11(14)7-10(13)8-4-3-5-9(12)6-8/h3-6,10-11,13-14H,2,7H2,1H3. The summed E-state index contributed by atoms with van der Waals surface area (Å²) in [6, 6.07) is 7.36. The SMILES string of the molecule is CCOC(O)CC(O)c1cccc(Br)c1. The van der Waals surface area contributed by atoms with Crippen LogP contribution in [0.4, 0.5) is 0 Å². The number of hydrogen-bond acceptors (Lipinski definition) is 3. The van der Waals surface area contributed by atoms with E-state index in [1.54, 1.807) is 6.92 Å². The number of ether oxygens (including phenoxy) is 1. The Hall–Kier alpha value is -0.420. The number of hydrogen-bond donors (Lipinski definition) is 2. The van der Waals surface area contributed by atoms with E-state index in [1.165, 1.54) is 0 Å². The fourth-order valence-electron chi connectivity index (χ4n) is 1.30. The predicted molar refractivity (Wildman–Crippen MR) is 61.4 cm³/mol. The summed E-state index contributed by atoms with van der Waals surface area (Å²) in [6.45, 7) is 2.24. The molecule has 0 heterocycles. The zero-order valence-electron chi connectivity index (χ0n) is 8.56. The first-order valence-electron chi connectivity index (χ1n) is 4.86. The van der Waals surface area contributed by atoms with Crippen LogP contribution in [-0.4, -0.2) is 23.1 Å². The Morgan fingerprint density at radius 3 is 2.73 bits per heavy atom. The fraction of sp³-hybridized carbons (Fsp3) is 0.455. The van der Waals surface area contributed by atoms with Crippen molar-refractivity contribution in [1.29, 1.82) is 0 Å². The molecule has 4 heteroatoms. The van der Waals surface area contributed by atoms with Crippen LogP contribution < -0.4 is 0 Å². The second-order valence-corrected chi connectivity index (χ2v) is 4.13. The van der Waals surface area contributed by atoms with Gasteiger partial charge in [0.05, 0.1) is 6.10 Å². The van der Waals surface area contributed by atoms with Crippen LogP contribution >= 0.6 is 15.9 Å². The summed E-state index contributed by atoms with van der Waals surface area (Å²) in [5.74, 6) is 0. The molecule has 0 spiro atoms. The number of rotatable bonds is 5. The Morgan fingerprint density at radius 1 is 1.40 bits per heavy atom. The Kier molecular flexibility index (Phi) is 5.25. The van der Waals surface area contributed by atoms with Gasteiger partial charge < -0.3 is 14.9 Å². The van der Waals surface area contributed by atoms with Gasteiger partial charge in [0.15, 0.2) is 6.29 Å². The lowest BCUT2D eigenvalue weighted by atomic mass is 10.1. The van der Waals surface area contributed by atoms with Crippen LogP contribution in [0.5, 0.6) is 0 Å². The van der Waals surface area contributed by atoms with Gasteiger partial charge in [-0.15, -0.1) is 0 Å². The normalized spacial score (nSPS) is 14.9. The third-order valence-corrected chi connectivity index (χ3v) is 2.51. The van der Waals surface area contributed by atoms with Crippen molar-refractivity contribution in [3.8, 4) is 0 Å². The third kappa shape index (κ3) is 4.30. The van der Waals surface area contributed by atoms with Crippen LogP contribution in [0.15, 0.2) is 28.7 Å². The third-order valence-electron chi connectivity index (χ3n) is 2.02. The highest BCUT2D eigenvalue weighted by Gasteiger charge is 2.13. The summed E-state index contributed by atoms with van der Waals surface area (Å²) in [6.07, 6.45) is -1.43. The molecule has 1 aromatic rings. The molecule has 2 unspecified atom stereocenters. The minimum absolute atomic E-state index is 0.185. The summed E-state index contributed by atoms with van der Waals surface area (Å²) >= 11 is 3.32. The van der Waals surface area contributed by atoms with Crippen molar-refractivity contribution in [2.75, 3.05) is 6.61 Å². The highest BCUT2D eigenvalue weighted by Crippen LogP contribution is 2.21. The zero-order valence-corrected chi connectivity index (χ0v) is 10.1. The van der Waals surface area contributed by atoms with Gasteiger partial charge in [-0.2, -0.15) is 0 Å². The first kappa shape index (κ1) is 12.6. The first-order chi connectivity index (χ1) is 7.13. The van der Waals surface area contributed by atoms with Crippen LogP contribution in [0.3, 0.4) is 0 Å². The summed E-state index contributed by atoms with van der Waals surface area (Å²) < 4.78 is 5.86. The van der Waals surface area contributed by atoms with E-state index in [4.69, 9.17) is 4.74 Å². The van der Waals surface area contributed by atoms with Crippen LogP contribution in [0, 0.1) is 0 Å². The van der Waals surface area contributed by atoms with E-state index >= 15 is 0 Å². The highest BCUT2D eigenvalue weighted by atomic mass is 79.9. The molecule has 15 heavy (non-hydrogen) atoms. The van der Waals surface area contributed by atoms with Crippen molar-refractivity contribution < 1.29 is 14.9 Å². The van der Waals surface area contributed by atoms with Crippen molar-refractivity contribution in [2.45, 2.75) is 25.7 Å². The minimum Gasteiger partial charge on any atom is -0.388 e. The van der Waals surface area contributed by atoms with Gasteiger partial charge in [-0.1, -0.05) is 28.1 Å². The topological polar surface area (TPSA) is 49.7 Å². The molecule has 0 aromatic heterocycles. The Balaban J connectivity index is 2.56. The molecule has 3 nitrogen and oxygen atoms in total. The molecule has 2 N–H and O–H groups in total. The van der Waals surface area contributed by atoms with E-state index in [9.17, 15) is 10.2 Å². The lowest BCUT2D eigenvalue weighted by Crippen LogP contribution is -2.15. The van der Waals surface area contributed by atoms with E-state index < -0.39 is 12.4 Å². The molecule has 1 rings (SSSR count). The molecule has 2 atom stereocenters. The van der Waals surface area contributed by atoms with Crippen molar-refractivity contribution >= 4 is 15.9 Å². The lowest BCUT2D eigenvalue weighted by molar-refractivity contribution is -0.116. The van der Waals surface area contributed by atoms with Crippen LogP contribution in [0.1, 0.15) is 25.0 Å². The summed E-state index contributed by atoms with van der Waals surface area (Å²) in [4.78, 5) is 0. The molecule has 0 saturated carbocycles. The van der Waals surface area contributed by atoms with E-state index in [0.29, 0.717) is 6.61 Å². The predicted octanol–water partition coefficient (Wildman–Crippen LogP) is 2.23. The van der Waals surface area contributed by atoms with E-state index in [2.05, 4.69) is 15.9 Å². The largest absolute Gasteiger partial charge is 0.388 e. The fourth-order valence-corrected chi connectivity index (χ4v) is 1.72. The summed E-state index contributed by atoms with van der Waals surface area (Å²) in [5, 5.41) is 19.1. The lowest BCUT2D eigenvalue weighted by Gasteiger charge is -2.15. The van der Waals surface area contributed by atoms with Gasteiger partial charge in [-0.3, -0.25) is 0 Å². The number of aliphatic hydroxyl groups excluding tert-OH is 2. The smallest absolute Gasteiger partial charge is 0.157 e. The molecule has 0 saturated heterocycles. The molecular weight excluding hydrogens is 260 g/mol. The van der Waals surface area contributed by atoms with Crippen LogP contribution in [-0.2, 0) is 4.74 Å². The molecule has 0 fully saturated rings. The maximum absolute atomic E-state index is 9.78. The summed E-state index contributed by atoms with van der Waals surface area (Å²) in [7, 11) is 0. The molecule has 0 aliphatic heterocycles. The zero-order chi connectivity index (χ0) is 11.3. The molecule has 0 aliphatic rings. The average molecular weight is 275 g/mol. The Morgan fingerprint density at radius 2 is 2.13 bits per heavy atom. The molecule has 1 aromatic carbocycles.